The Bertz CT molecular complexity index is 465. The molecule has 4 nitrogen and oxygen atoms in total. The predicted molar refractivity (Wildman–Crippen MR) is 67.9 cm³/mol. The summed E-state index contributed by atoms with van der Waals surface area (Å²) in [7, 11) is 0. The molecular weight excluding hydrogens is 305 g/mol. The van der Waals surface area contributed by atoms with Crippen molar-refractivity contribution < 1.29 is 19.1 Å². The highest BCUT2D eigenvalue weighted by atomic mass is 79.9. The number of nitrogens with one attached hydrogen (secondary N) is 1. The van der Waals surface area contributed by atoms with Crippen molar-refractivity contribution >= 4 is 27.8 Å². The second-order valence-corrected chi connectivity index (χ2v) is 4.69. The number of carbonyl (C=O) groups excluding carboxylic acids is 1. The van der Waals surface area contributed by atoms with Crippen LogP contribution in [0.4, 0.5) is 4.39 Å². The predicted octanol–water partition coefficient (Wildman–Crippen LogP) is 2.57. The Morgan fingerprint density at radius 2 is 2.17 bits per heavy atom. The number of hydrogen-bond donors (Lipinski definition) is 2. The van der Waals surface area contributed by atoms with Crippen LogP contribution in [-0.4, -0.2) is 23.0 Å². The van der Waals surface area contributed by atoms with E-state index in [-0.39, 0.29) is 5.56 Å². The van der Waals surface area contributed by atoms with Gasteiger partial charge in [-0.25, -0.2) is 9.18 Å². The van der Waals surface area contributed by atoms with Crippen LogP contribution in [0.1, 0.15) is 30.1 Å². The highest BCUT2D eigenvalue weighted by molar-refractivity contribution is 9.10. The average molecular weight is 318 g/mol. The highest BCUT2D eigenvalue weighted by Crippen LogP contribution is 2.15. The van der Waals surface area contributed by atoms with E-state index < -0.39 is 23.7 Å². The quantitative estimate of drug-likeness (QED) is 0.877. The van der Waals surface area contributed by atoms with E-state index in [2.05, 4.69) is 21.2 Å². The maximum atomic E-state index is 13.5. The van der Waals surface area contributed by atoms with Crippen LogP contribution in [0, 0.1) is 5.82 Å². The number of hydrogen-bond acceptors (Lipinski definition) is 2. The number of halogens is 2. The molecule has 1 aromatic rings. The van der Waals surface area contributed by atoms with E-state index in [4.69, 9.17) is 5.11 Å². The van der Waals surface area contributed by atoms with E-state index in [0.29, 0.717) is 17.3 Å². The SMILES string of the molecule is CCCC(NC(=O)c1ccc(Br)cc1F)C(=O)O. The van der Waals surface area contributed by atoms with Gasteiger partial charge in [-0.05, 0) is 24.6 Å². The van der Waals surface area contributed by atoms with E-state index >= 15 is 0 Å². The smallest absolute Gasteiger partial charge is 0.326 e. The molecule has 0 bridgehead atoms. The standard InChI is InChI=1S/C12H13BrFNO3/c1-2-3-10(12(17)18)15-11(16)8-5-4-7(13)6-9(8)14/h4-6,10H,2-3H2,1H3,(H,15,16)(H,17,18). The fourth-order valence-electron chi connectivity index (χ4n) is 1.46. The first kappa shape index (κ1) is 14.6. The molecule has 18 heavy (non-hydrogen) atoms. The summed E-state index contributed by atoms with van der Waals surface area (Å²) in [6, 6.07) is 2.99. The van der Waals surface area contributed by atoms with E-state index in [9.17, 15) is 14.0 Å². The van der Waals surface area contributed by atoms with E-state index in [1.807, 2.05) is 6.92 Å². The van der Waals surface area contributed by atoms with Crippen LogP contribution >= 0.6 is 15.9 Å². The summed E-state index contributed by atoms with van der Waals surface area (Å²) in [6.45, 7) is 1.81. The molecule has 98 valence electrons. The Balaban J connectivity index is 2.83. The fraction of sp³-hybridized carbons (Fsp3) is 0.333. The molecule has 1 unspecified atom stereocenters. The van der Waals surface area contributed by atoms with E-state index in [1.54, 1.807) is 0 Å². The Kier molecular flexibility index (Phi) is 5.27. The summed E-state index contributed by atoms with van der Waals surface area (Å²) in [5, 5.41) is 11.2. The molecule has 1 aromatic carbocycles. The van der Waals surface area contributed by atoms with Crippen molar-refractivity contribution in [2.24, 2.45) is 0 Å². The summed E-state index contributed by atoms with van der Waals surface area (Å²) in [4.78, 5) is 22.6. The topological polar surface area (TPSA) is 66.4 Å². The molecule has 6 heteroatoms. The van der Waals surface area contributed by atoms with Gasteiger partial charge in [-0.2, -0.15) is 0 Å². The van der Waals surface area contributed by atoms with Gasteiger partial charge in [0, 0.05) is 4.47 Å². The molecule has 0 aliphatic heterocycles. The molecule has 1 rings (SSSR count). The minimum atomic E-state index is -1.12. The van der Waals surface area contributed by atoms with Crippen LogP contribution in [0.2, 0.25) is 0 Å². The number of carboxylic acids is 1. The van der Waals surface area contributed by atoms with Gasteiger partial charge in [0.05, 0.1) is 5.56 Å². The molecule has 0 heterocycles. The Hall–Kier alpha value is -1.43. The Labute approximate surface area is 112 Å². The number of amides is 1. The largest absolute Gasteiger partial charge is 0.480 e. The lowest BCUT2D eigenvalue weighted by atomic mass is 10.1. The van der Waals surface area contributed by atoms with Gasteiger partial charge >= 0.3 is 5.97 Å². The van der Waals surface area contributed by atoms with Gasteiger partial charge in [0.15, 0.2) is 0 Å². The molecule has 2 N–H and O–H groups in total. The molecule has 0 aliphatic carbocycles. The number of benzene rings is 1. The summed E-state index contributed by atoms with van der Waals surface area (Å²) in [6.07, 6.45) is 0.916. The van der Waals surface area contributed by atoms with Crippen LogP contribution in [0.25, 0.3) is 0 Å². The lowest BCUT2D eigenvalue weighted by Crippen LogP contribution is -2.40. The normalized spacial score (nSPS) is 11.9. The third-order valence-corrected chi connectivity index (χ3v) is 2.85. The molecule has 1 atom stereocenters. The minimum absolute atomic E-state index is 0.166. The van der Waals surface area contributed by atoms with Gasteiger partial charge in [0.25, 0.3) is 5.91 Å². The van der Waals surface area contributed by atoms with Gasteiger partial charge in [-0.3, -0.25) is 4.79 Å². The Morgan fingerprint density at radius 1 is 1.50 bits per heavy atom. The van der Waals surface area contributed by atoms with E-state index in [1.165, 1.54) is 12.1 Å². The third-order valence-electron chi connectivity index (χ3n) is 2.36. The molecule has 0 saturated heterocycles. The fourth-order valence-corrected chi connectivity index (χ4v) is 1.79. The van der Waals surface area contributed by atoms with E-state index in [0.717, 1.165) is 6.07 Å². The van der Waals surface area contributed by atoms with Crippen LogP contribution in [0.3, 0.4) is 0 Å². The molecule has 0 fully saturated rings. The second-order valence-electron chi connectivity index (χ2n) is 3.78. The summed E-state index contributed by atoms with van der Waals surface area (Å²) < 4.78 is 14.0. The molecular formula is C12H13BrFNO3. The monoisotopic (exact) mass is 317 g/mol. The first-order valence-corrected chi connectivity index (χ1v) is 6.23. The van der Waals surface area contributed by atoms with Crippen LogP contribution in [-0.2, 0) is 4.79 Å². The van der Waals surface area contributed by atoms with Crippen molar-refractivity contribution in [1.29, 1.82) is 0 Å². The first-order valence-electron chi connectivity index (χ1n) is 5.44. The van der Waals surface area contributed by atoms with Crippen molar-refractivity contribution in [3.8, 4) is 0 Å². The number of rotatable bonds is 5. The van der Waals surface area contributed by atoms with Gasteiger partial charge in [0.2, 0.25) is 0 Å². The van der Waals surface area contributed by atoms with Crippen molar-refractivity contribution in [3.63, 3.8) is 0 Å². The summed E-state index contributed by atoms with van der Waals surface area (Å²) >= 11 is 3.08. The lowest BCUT2D eigenvalue weighted by molar-refractivity contribution is -0.139. The van der Waals surface area contributed by atoms with Crippen molar-refractivity contribution in [2.45, 2.75) is 25.8 Å². The molecule has 0 spiro atoms. The number of carbonyl (C=O) groups is 2. The molecule has 0 aromatic heterocycles. The van der Waals surface area contributed by atoms with Gasteiger partial charge < -0.3 is 10.4 Å². The third kappa shape index (κ3) is 3.80. The maximum absolute atomic E-state index is 13.5. The summed E-state index contributed by atoms with van der Waals surface area (Å²) in [5.74, 6) is -2.54. The average Bonchev–Trinajstić information content (AvgIpc) is 2.27. The number of carboxylic acid groups (broad SMARTS) is 1. The summed E-state index contributed by atoms with van der Waals surface area (Å²) in [5.41, 5.74) is -0.166. The zero-order chi connectivity index (χ0) is 13.7. The molecule has 1 amide bonds. The van der Waals surface area contributed by atoms with Gasteiger partial charge in [-0.1, -0.05) is 29.3 Å². The second kappa shape index (κ2) is 6.49. The van der Waals surface area contributed by atoms with Crippen LogP contribution in [0.15, 0.2) is 22.7 Å². The minimum Gasteiger partial charge on any atom is -0.480 e. The van der Waals surface area contributed by atoms with Gasteiger partial charge in [0.1, 0.15) is 11.9 Å². The first-order chi connectivity index (χ1) is 8.45. The number of aliphatic carboxylic acids is 1. The molecule has 0 aliphatic rings. The Morgan fingerprint density at radius 3 is 2.67 bits per heavy atom. The van der Waals surface area contributed by atoms with Crippen molar-refractivity contribution in [1.82, 2.24) is 5.32 Å². The zero-order valence-corrected chi connectivity index (χ0v) is 11.3. The van der Waals surface area contributed by atoms with Crippen molar-refractivity contribution in [3.05, 3.63) is 34.1 Å². The lowest BCUT2D eigenvalue weighted by Gasteiger charge is -2.13. The molecule has 0 saturated carbocycles. The highest BCUT2D eigenvalue weighted by Gasteiger charge is 2.21. The van der Waals surface area contributed by atoms with Gasteiger partial charge in [-0.15, -0.1) is 0 Å². The molecule has 0 radical (unpaired) electrons. The van der Waals surface area contributed by atoms with Crippen molar-refractivity contribution in [2.75, 3.05) is 0 Å². The van der Waals surface area contributed by atoms with Crippen LogP contribution in [0.5, 0.6) is 0 Å². The van der Waals surface area contributed by atoms with Crippen LogP contribution < -0.4 is 5.32 Å². The zero-order valence-electron chi connectivity index (χ0n) is 9.74. The maximum Gasteiger partial charge on any atom is 0.326 e.